The maximum Gasteiger partial charge on any atom is 0.151 e. The van der Waals surface area contributed by atoms with E-state index in [1.54, 1.807) is 0 Å². The molecule has 0 atom stereocenters. The summed E-state index contributed by atoms with van der Waals surface area (Å²) in [6.07, 6.45) is 0. The molecule has 3 heteroatoms. The van der Waals surface area contributed by atoms with E-state index in [2.05, 4.69) is 200 Å². The zero-order valence-electron chi connectivity index (χ0n) is 29.1. The highest BCUT2D eigenvalue weighted by Gasteiger charge is 2.41. The first kappa shape index (κ1) is 30.3. The molecule has 0 fully saturated rings. The number of rotatable bonds is 5. The Morgan fingerprint density at radius 1 is 0.462 bits per heavy atom. The summed E-state index contributed by atoms with van der Waals surface area (Å²) >= 11 is 0. The van der Waals surface area contributed by atoms with Crippen LogP contribution >= 0.6 is 0 Å². The van der Waals surface area contributed by atoms with Crippen molar-refractivity contribution in [2.45, 2.75) is 19.3 Å². The first-order chi connectivity index (χ1) is 25.5. The van der Waals surface area contributed by atoms with E-state index in [0.29, 0.717) is 0 Å². The lowest BCUT2D eigenvalue weighted by molar-refractivity contribution is 0.471. The third-order valence-electron chi connectivity index (χ3n) is 10.8. The van der Waals surface area contributed by atoms with Crippen LogP contribution in [-0.4, -0.2) is 0 Å². The maximum atomic E-state index is 6.47. The summed E-state index contributed by atoms with van der Waals surface area (Å²) in [6, 6.07) is 65.4. The summed E-state index contributed by atoms with van der Waals surface area (Å²) in [4.78, 5) is 4.78. The van der Waals surface area contributed by atoms with Crippen molar-refractivity contribution in [2.75, 3.05) is 9.80 Å². The summed E-state index contributed by atoms with van der Waals surface area (Å²) in [5, 5.41) is 2.43. The minimum atomic E-state index is -0.190. The lowest BCUT2D eigenvalue weighted by Crippen LogP contribution is -2.32. The molecular formula is C49H36N2O. The lowest BCUT2D eigenvalue weighted by atomic mass is 9.72. The Morgan fingerprint density at radius 3 is 1.85 bits per heavy atom. The van der Waals surface area contributed by atoms with Gasteiger partial charge >= 0.3 is 0 Å². The van der Waals surface area contributed by atoms with Gasteiger partial charge in [-0.25, -0.2) is 0 Å². The molecule has 52 heavy (non-hydrogen) atoms. The van der Waals surface area contributed by atoms with Gasteiger partial charge in [0.15, 0.2) is 11.5 Å². The highest BCUT2D eigenvalue weighted by molar-refractivity contribution is 5.99. The van der Waals surface area contributed by atoms with Crippen molar-refractivity contribution in [1.82, 2.24) is 0 Å². The maximum absolute atomic E-state index is 6.47. The highest BCUT2D eigenvalue weighted by Crippen LogP contribution is 2.60. The van der Waals surface area contributed by atoms with Crippen LogP contribution in [0.2, 0.25) is 0 Å². The Balaban J connectivity index is 1.08. The van der Waals surface area contributed by atoms with Gasteiger partial charge in [0.05, 0.1) is 22.7 Å². The normalized spacial score (nSPS) is 13.5. The van der Waals surface area contributed by atoms with Crippen molar-refractivity contribution in [3.05, 3.63) is 193 Å². The minimum Gasteiger partial charge on any atom is -0.453 e. The molecule has 10 rings (SSSR count). The average Bonchev–Trinajstić information content (AvgIpc) is 3.20. The van der Waals surface area contributed by atoms with Crippen LogP contribution in [0.3, 0.4) is 0 Å². The molecule has 0 saturated carbocycles. The van der Waals surface area contributed by atoms with Crippen LogP contribution in [0, 0.1) is 0 Å². The molecule has 2 aliphatic heterocycles. The molecule has 0 saturated heterocycles. The molecule has 0 aromatic heterocycles. The van der Waals surface area contributed by atoms with Crippen molar-refractivity contribution >= 4 is 44.9 Å². The average molecular weight is 669 g/mol. The lowest BCUT2D eigenvalue weighted by Gasteiger charge is -2.45. The fourth-order valence-corrected chi connectivity index (χ4v) is 8.19. The fourth-order valence-electron chi connectivity index (χ4n) is 8.19. The largest absolute Gasteiger partial charge is 0.453 e. The van der Waals surface area contributed by atoms with Crippen LogP contribution < -0.4 is 14.5 Å². The number of benzene rings is 8. The molecular weight excluding hydrogens is 633 g/mol. The molecule has 0 aliphatic carbocycles. The molecule has 0 bridgehead atoms. The summed E-state index contributed by atoms with van der Waals surface area (Å²) in [6.45, 7) is 4.64. The number of anilines is 6. The minimum absolute atomic E-state index is 0.190. The predicted molar refractivity (Wildman–Crippen MR) is 216 cm³/mol. The SMILES string of the molecule is CC1(C)c2ccc(-c3ccc(N(c4ccc(-c5ccccc5)cc4)c4cccc5ccccc45)cc3)cc2N2c3ccccc3Oc3cccc1c32. The standard InChI is InChI=1S/C49H36N2O/c1-49(2)41-31-26-37(32-45(41)51-44-18-8-9-20-46(44)52-47-21-11-17-42(49)48(47)51)35-24-29-39(30-25-35)50(43-19-10-15-36-14-6-7-16-40(36)43)38-27-22-34(23-28-38)33-12-4-3-5-13-33/h3-32H,1-2H3. The van der Waals surface area contributed by atoms with Gasteiger partial charge in [-0.3, -0.25) is 0 Å². The third-order valence-corrected chi connectivity index (χ3v) is 10.8. The van der Waals surface area contributed by atoms with Crippen molar-refractivity contribution in [2.24, 2.45) is 0 Å². The van der Waals surface area contributed by atoms with E-state index in [1.807, 2.05) is 6.07 Å². The molecule has 2 heterocycles. The molecule has 3 nitrogen and oxygen atoms in total. The monoisotopic (exact) mass is 668 g/mol. The number of para-hydroxylation sites is 3. The number of ether oxygens (including phenoxy) is 1. The van der Waals surface area contributed by atoms with Crippen molar-refractivity contribution < 1.29 is 4.74 Å². The van der Waals surface area contributed by atoms with Crippen LogP contribution in [0.5, 0.6) is 11.5 Å². The van der Waals surface area contributed by atoms with Crippen molar-refractivity contribution in [1.29, 1.82) is 0 Å². The Labute approximate surface area is 304 Å². The van der Waals surface area contributed by atoms with Crippen LogP contribution in [0.25, 0.3) is 33.0 Å². The molecule has 2 aliphatic rings. The fraction of sp³-hybridized carbons (Fsp3) is 0.0612. The number of fused-ring (bicyclic) bond motifs is 5. The zero-order valence-corrected chi connectivity index (χ0v) is 29.1. The first-order valence-electron chi connectivity index (χ1n) is 17.9. The number of hydrogen-bond acceptors (Lipinski definition) is 3. The smallest absolute Gasteiger partial charge is 0.151 e. The van der Waals surface area contributed by atoms with E-state index < -0.39 is 0 Å². The van der Waals surface area contributed by atoms with E-state index in [4.69, 9.17) is 4.74 Å². The van der Waals surface area contributed by atoms with Gasteiger partial charge in [0.2, 0.25) is 0 Å². The van der Waals surface area contributed by atoms with Gasteiger partial charge in [0, 0.05) is 22.2 Å². The molecule has 0 spiro atoms. The van der Waals surface area contributed by atoms with Crippen molar-refractivity contribution in [3.8, 4) is 33.8 Å². The van der Waals surface area contributed by atoms with Gasteiger partial charge in [0.1, 0.15) is 0 Å². The molecule has 8 aromatic carbocycles. The summed E-state index contributed by atoms with van der Waals surface area (Å²) < 4.78 is 6.47. The zero-order chi connectivity index (χ0) is 34.8. The van der Waals surface area contributed by atoms with E-state index in [9.17, 15) is 0 Å². The molecule has 248 valence electrons. The van der Waals surface area contributed by atoms with Gasteiger partial charge in [-0.2, -0.15) is 0 Å². The third kappa shape index (κ3) is 4.74. The van der Waals surface area contributed by atoms with Crippen LogP contribution in [0.15, 0.2) is 182 Å². The molecule has 8 aromatic rings. The molecule has 0 amide bonds. The molecule has 0 N–H and O–H groups in total. The van der Waals surface area contributed by atoms with Gasteiger partial charge in [-0.05, 0) is 93.4 Å². The van der Waals surface area contributed by atoms with Gasteiger partial charge < -0.3 is 14.5 Å². The Bertz CT molecular complexity index is 2620. The summed E-state index contributed by atoms with van der Waals surface area (Å²) in [5.74, 6) is 1.77. The van der Waals surface area contributed by atoms with Crippen LogP contribution in [0.4, 0.5) is 34.1 Å². The first-order valence-corrected chi connectivity index (χ1v) is 17.9. The van der Waals surface area contributed by atoms with E-state index in [-0.39, 0.29) is 5.41 Å². The second-order valence-corrected chi connectivity index (χ2v) is 14.2. The number of hydrogen-bond donors (Lipinski definition) is 0. The van der Waals surface area contributed by atoms with Gasteiger partial charge in [0.25, 0.3) is 0 Å². The van der Waals surface area contributed by atoms with E-state index in [1.165, 1.54) is 49.8 Å². The Morgan fingerprint density at radius 2 is 1.06 bits per heavy atom. The van der Waals surface area contributed by atoms with Crippen LogP contribution in [0.1, 0.15) is 25.0 Å². The van der Waals surface area contributed by atoms with Crippen molar-refractivity contribution in [3.63, 3.8) is 0 Å². The molecule has 0 unspecified atom stereocenters. The summed E-state index contributed by atoms with van der Waals surface area (Å²) in [5.41, 5.74) is 13.9. The van der Waals surface area contributed by atoms with Gasteiger partial charge in [-0.15, -0.1) is 0 Å². The summed E-state index contributed by atoms with van der Waals surface area (Å²) in [7, 11) is 0. The second kappa shape index (κ2) is 11.8. The Hall–Kier alpha value is -6.58. The second-order valence-electron chi connectivity index (χ2n) is 14.2. The van der Waals surface area contributed by atoms with E-state index >= 15 is 0 Å². The molecule has 0 radical (unpaired) electrons. The highest BCUT2D eigenvalue weighted by atomic mass is 16.5. The quantitative estimate of drug-likeness (QED) is 0.182. The van der Waals surface area contributed by atoms with Crippen LogP contribution in [-0.2, 0) is 5.41 Å². The van der Waals surface area contributed by atoms with Gasteiger partial charge in [-0.1, -0.05) is 141 Å². The number of nitrogens with zero attached hydrogens (tertiary/aromatic N) is 2. The topological polar surface area (TPSA) is 15.7 Å². The predicted octanol–water partition coefficient (Wildman–Crippen LogP) is 13.9. The van der Waals surface area contributed by atoms with E-state index in [0.717, 1.165) is 39.9 Å². The Kier molecular flexibility index (Phi) is 6.84.